The minimum atomic E-state index is 0.179. The molecule has 4 rings (SSSR count). The van der Waals surface area contributed by atoms with Gasteiger partial charge in [-0.15, -0.1) is 0 Å². The average Bonchev–Trinajstić information content (AvgIpc) is 2.70. The molecular formula is C22H28N2O. The lowest BCUT2D eigenvalue weighted by atomic mass is 9.71. The third kappa shape index (κ3) is 3.19. The van der Waals surface area contributed by atoms with Crippen molar-refractivity contribution in [2.24, 2.45) is 0 Å². The van der Waals surface area contributed by atoms with E-state index in [1.807, 2.05) is 0 Å². The van der Waals surface area contributed by atoms with Gasteiger partial charge in [0.25, 0.3) is 0 Å². The van der Waals surface area contributed by atoms with Crippen LogP contribution in [0, 0.1) is 0 Å². The van der Waals surface area contributed by atoms with Crippen LogP contribution in [0.4, 0.5) is 0 Å². The van der Waals surface area contributed by atoms with E-state index in [1.54, 1.807) is 7.11 Å². The molecular weight excluding hydrogens is 308 g/mol. The number of benzene rings is 2. The molecule has 2 aromatic carbocycles. The lowest BCUT2D eigenvalue weighted by Gasteiger charge is -2.50. The predicted octanol–water partition coefficient (Wildman–Crippen LogP) is 4.03. The zero-order valence-electron chi connectivity index (χ0n) is 15.0. The molecule has 2 aliphatic rings. The van der Waals surface area contributed by atoms with Crippen LogP contribution in [-0.2, 0) is 0 Å². The van der Waals surface area contributed by atoms with Crippen molar-refractivity contribution in [3.63, 3.8) is 0 Å². The molecule has 0 aromatic heterocycles. The van der Waals surface area contributed by atoms with Crippen molar-refractivity contribution in [1.29, 1.82) is 0 Å². The van der Waals surface area contributed by atoms with Gasteiger partial charge in [-0.3, -0.25) is 0 Å². The number of rotatable bonds is 3. The molecule has 0 unspecified atom stereocenters. The van der Waals surface area contributed by atoms with Gasteiger partial charge >= 0.3 is 0 Å². The smallest absolute Gasteiger partial charge is 0.122 e. The van der Waals surface area contributed by atoms with E-state index < -0.39 is 0 Å². The van der Waals surface area contributed by atoms with Crippen LogP contribution in [-0.4, -0.2) is 25.7 Å². The molecule has 3 nitrogen and oxygen atoms in total. The number of para-hydroxylation sites is 1. The number of methoxy groups -OCH3 is 1. The number of nitrogens with one attached hydrogen (secondary N) is 2. The normalized spacial score (nSPS) is 29.5. The number of piperidine rings is 2. The summed E-state index contributed by atoms with van der Waals surface area (Å²) in [6.07, 6.45) is 4.90. The van der Waals surface area contributed by atoms with E-state index in [0.29, 0.717) is 12.0 Å². The van der Waals surface area contributed by atoms with Gasteiger partial charge in [0.15, 0.2) is 0 Å². The highest BCUT2D eigenvalue weighted by atomic mass is 16.5. The van der Waals surface area contributed by atoms with E-state index in [9.17, 15) is 0 Å². The Labute approximate surface area is 150 Å². The zero-order valence-corrected chi connectivity index (χ0v) is 15.0. The molecule has 2 N–H and O–H groups in total. The SMILES string of the molecule is COc1ccccc1[C@H]1CC[C@]2(CCCN[C@@H]2c2ccccc2)NC1. The lowest BCUT2D eigenvalue weighted by molar-refractivity contribution is 0.131. The lowest BCUT2D eigenvalue weighted by Crippen LogP contribution is -2.60. The van der Waals surface area contributed by atoms with Crippen LogP contribution in [0.25, 0.3) is 0 Å². The molecule has 3 heteroatoms. The van der Waals surface area contributed by atoms with Crippen molar-refractivity contribution in [1.82, 2.24) is 10.6 Å². The zero-order chi connectivity index (χ0) is 17.1. The second kappa shape index (κ2) is 7.19. The van der Waals surface area contributed by atoms with Gasteiger partial charge in [0.2, 0.25) is 0 Å². The molecule has 132 valence electrons. The van der Waals surface area contributed by atoms with Crippen LogP contribution < -0.4 is 15.4 Å². The molecule has 25 heavy (non-hydrogen) atoms. The Balaban J connectivity index is 1.54. The predicted molar refractivity (Wildman–Crippen MR) is 102 cm³/mol. The Morgan fingerprint density at radius 1 is 1.00 bits per heavy atom. The summed E-state index contributed by atoms with van der Waals surface area (Å²) in [6.45, 7) is 2.13. The fraction of sp³-hybridized carbons (Fsp3) is 0.455. The summed E-state index contributed by atoms with van der Waals surface area (Å²) in [6, 6.07) is 19.8. The molecule has 0 saturated carbocycles. The molecule has 2 heterocycles. The minimum Gasteiger partial charge on any atom is -0.496 e. The van der Waals surface area contributed by atoms with E-state index in [4.69, 9.17) is 4.74 Å². The average molecular weight is 336 g/mol. The van der Waals surface area contributed by atoms with Crippen molar-refractivity contribution in [2.45, 2.75) is 43.2 Å². The highest BCUT2D eigenvalue weighted by Crippen LogP contribution is 2.43. The van der Waals surface area contributed by atoms with E-state index in [0.717, 1.165) is 18.8 Å². The van der Waals surface area contributed by atoms with Crippen molar-refractivity contribution >= 4 is 0 Å². The maximum atomic E-state index is 5.59. The van der Waals surface area contributed by atoms with Gasteiger partial charge in [-0.25, -0.2) is 0 Å². The van der Waals surface area contributed by atoms with Crippen LogP contribution >= 0.6 is 0 Å². The van der Waals surface area contributed by atoms with E-state index >= 15 is 0 Å². The van der Waals surface area contributed by atoms with E-state index in [1.165, 1.54) is 36.8 Å². The topological polar surface area (TPSA) is 33.3 Å². The molecule has 0 amide bonds. The number of hydrogen-bond acceptors (Lipinski definition) is 3. The maximum Gasteiger partial charge on any atom is 0.122 e. The Morgan fingerprint density at radius 2 is 1.80 bits per heavy atom. The fourth-order valence-corrected chi connectivity index (χ4v) is 4.75. The monoisotopic (exact) mass is 336 g/mol. The molecule has 0 bridgehead atoms. The van der Waals surface area contributed by atoms with Crippen LogP contribution in [0.3, 0.4) is 0 Å². The first-order valence-electron chi connectivity index (χ1n) is 9.49. The summed E-state index contributed by atoms with van der Waals surface area (Å²) in [7, 11) is 1.77. The van der Waals surface area contributed by atoms with E-state index in [2.05, 4.69) is 65.2 Å². The summed E-state index contributed by atoms with van der Waals surface area (Å²) in [5.41, 5.74) is 2.93. The summed E-state index contributed by atoms with van der Waals surface area (Å²) in [4.78, 5) is 0. The molecule has 2 fully saturated rings. The first-order valence-corrected chi connectivity index (χ1v) is 9.49. The third-order valence-electron chi connectivity index (χ3n) is 6.05. The Morgan fingerprint density at radius 3 is 2.56 bits per heavy atom. The standard InChI is InChI=1S/C22H28N2O/c1-25-20-11-6-5-10-19(20)18-12-14-22(24-16-18)13-7-15-23-21(22)17-8-3-2-4-9-17/h2-6,8-11,18,21,23-24H,7,12-16H2,1H3/t18-,21+,22-/m0/s1. The first-order chi connectivity index (χ1) is 12.3. The molecule has 0 aliphatic carbocycles. The van der Waals surface area contributed by atoms with E-state index in [-0.39, 0.29) is 5.54 Å². The van der Waals surface area contributed by atoms with Gasteiger partial charge in [-0.1, -0.05) is 48.5 Å². The van der Waals surface area contributed by atoms with Gasteiger partial charge in [-0.2, -0.15) is 0 Å². The molecule has 2 aromatic rings. The second-order valence-corrected chi connectivity index (χ2v) is 7.42. The summed E-state index contributed by atoms with van der Waals surface area (Å²) in [5, 5.41) is 7.75. The largest absolute Gasteiger partial charge is 0.496 e. The third-order valence-corrected chi connectivity index (χ3v) is 6.05. The van der Waals surface area contributed by atoms with Gasteiger partial charge in [0.05, 0.1) is 13.2 Å². The Kier molecular flexibility index (Phi) is 4.78. The molecule has 2 aliphatic heterocycles. The van der Waals surface area contributed by atoms with Crippen molar-refractivity contribution in [2.75, 3.05) is 20.2 Å². The summed E-state index contributed by atoms with van der Waals surface area (Å²) in [5.74, 6) is 1.55. The highest BCUT2D eigenvalue weighted by Gasteiger charge is 2.44. The van der Waals surface area contributed by atoms with Crippen molar-refractivity contribution in [3.8, 4) is 5.75 Å². The Bertz CT molecular complexity index is 692. The Hall–Kier alpha value is -1.84. The minimum absolute atomic E-state index is 0.179. The molecule has 3 atom stereocenters. The van der Waals surface area contributed by atoms with Gasteiger partial charge in [-0.05, 0) is 49.4 Å². The second-order valence-electron chi connectivity index (χ2n) is 7.42. The maximum absolute atomic E-state index is 5.59. The molecule has 0 radical (unpaired) electrons. The van der Waals surface area contributed by atoms with Gasteiger partial charge in [0.1, 0.15) is 5.75 Å². The highest BCUT2D eigenvalue weighted by molar-refractivity contribution is 5.37. The number of hydrogen-bond donors (Lipinski definition) is 2. The van der Waals surface area contributed by atoms with Crippen molar-refractivity contribution < 1.29 is 4.74 Å². The molecule has 2 saturated heterocycles. The number of ether oxygens (including phenoxy) is 1. The first kappa shape index (κ1) is 16.6. The van der Waals surface area contributed by atoms with Gasteiger partial charge < -0.3 is 15.4 Å². The fourth-order valence-electron chi connectivity index (χ4n) is 4.75. The van der Waals surface area contributed by atoms with Crippen LogP contribution in [0.1, 0.15) is 48.8 Å². The molecule has 1 spiro atoms. The van der Waals surface area contributed by atoms with Crippen LogP contribution in [0.5, 0.6) is 5.75 Å². The quantitative estimate of drug-likeness (QED) is 0.888. The summed E-state index contributed by atoms with van der Waals surface area (Å²) >= 11 is 0. The van der Waals surface area contributed by atoms with Crippen molar-refractivity contribution in [3.05, 3.63) is 65.7 Å². The van der Waals surface area contributed by atoms with Crippen LogP contribution in [0.2, 0.25) is 0 Å². The van der Waals surface area contributed by atoms with Gasteiger partial charge in [0, 0.05) is 18.0 Å². The van der Waals surface area contributed by atoms with Crippen LogP contribution in [0.15, 0.2) is 54.6 Å². The summed E-state index contributed by atoms with van der Waals surface area (Å²) < 4.78 is 5.59.